The van der Waals surface area contributed by atoms with Gasteiger partial charge in [-0.05, 0) is 11.6 Å². The highest BCUT2D eigenvalue weighted by atomic mass is 16.6. The molecule has 1 saturated heterocycles. The molecule has 1 aliphatic rings. The lowest BCUT2D eigenvalue weighted by Crippen LogP contribution is -2.37. The van der Waals surface area contributed by atoms with Crippen molar-refractivity contribution in [3.05, 3.63) is 62.7 Å². The fourth-order valence-corrected chi connectivity index (χ4v) is 3.21. The minimum atomic E-state index is -1.13. The van der Waals surface area contributed by atoms with Crippen LogP contribution in [0.3, 0.4) is 0 Å². The summed E-state index contributed by atoms with van der Waals surface area (Å²) in [4.78, 5) is 38.2. The van der Waals surface area contributed by atoms with E-state index in [1.165, 1.54) is 31.5 Å². The summed E-state index contributed by atoms with van der Waals surface area (Å²) in [5, 5.41) is 32.3. The molecule has 0 radical (unpaired) electrons. The quantitative estimate of drug-likeness (QED) is 0.372. The SMILES string of the molecule is CO[C@@H]1[C@H](O)[C@@H](CO)O[C@H]1n1ccc(NC(=O)OCCc2ccc([N+](=O)[O-])cc2)nc1=O. The summed E-state index contributed by atoms with van der Waals surface area (Å²) in [7, 11) is 1.34. The standard InChI is InChI=1S/C19H22N4O9/c1-30-16-15(25)13(10-24)32-17(16)22-8-6-14(20-18(22)26)21-19(27)31-9-7-11-2-4-12(5-3-11)23(28)29/h2-6,8,13,15-17,24-25H,7,9-10H2,1H3,(H,20,21,26,27)/t13-,15-,16-,17-/m1/s1. The van der Waals surface area contributed by atoms with Crippen molar-refractivity contribution in [3.8, 4) is 0 Å². The highest BCUT2D eigenvalue weighted by Crippen LogP contribution is 2.30. The van der Waals surface area contributed by atoms with Crippen LogP contribution in [0, 0.1) is 10.1 Å². The molecule has 1 fully saturated rings. The highest BCUT2D eigenvalue weighted by molar-refractivity contribution is 5.83. The first kappa shape index (κ1) is 23.3. The average molecular weight is 450 g/mol. The average Bonchev–Trinajstić information content (AvgIpc) is 3.09. The van der Waals surface area contributed by atoms with Gasteiger partial charge in [0.15, 0.2) is 6.23 Å². The molecule has 0 saturated carbocycles. The van der Waals surface area contributed by atoms with Crippen molar-refractivity contribution in [1.82, 2.24) is 9.55 Å². The Morgan fingerprint density at radius 2 is 2.06 bits per heavy atom. The van der Waals surface area contributed by atoms with Crippen LogP contribution in [-0.2, 0) is 20.6 Å². The van der Waals surface area contributed by atoms with Gasteiger partial charge >= 0.3 is 11.8 Å². The number of non-ortho nitro benzene ring substituents is 1. The molecule has 1 aromatic heterocycles. The molecule has 0 aliphatic carbocycles. The van der Waals surface area contributed by atoms with Gasteiger partial charge in [0, 0.05) is 31.9 Å². The van der Waals surface area contributed by atoms with Gasteiger partial charge in [0.1, 0.15) is 24.1 Å². The zero-order valence-electron chi connectivity index (χ0n) is 17.0. The molecule has 4 atom stereocenters. The summed E-state index contributed by atoms with van der Waals surface area (Å²) >= 11 is 0. The minimum absolute atomic E-state index is 0.00653. The first-order valence-electron chi connectivity index (χ1n) is 9.57. The number of aliphatic hydroxyl groups is 2. The Kier molecular flexibility index (Phi) is 7.48. The Bertz CT molecular complexity index is 1010. The first-order chi connectivity index (χ1) is 15.3. The number of methoxy groups -OCH3 is 1. The summed E-state index contributed by atoms with van der Waals surface area (Å²) in [6.45, 7) is -0.447. The predicted molar refractivity (Wildman–Crippen MR) is 108 cm³/mol. The molecule has 32 heavy (non-hydrogen) atoms. The number of nitrogens with zero attached hydrogens (tertiary/aromatic N) is 3. The van der Waals surface area contributed by atoms with Crippen LogP contribution in [0.25, 0.3) is 0 Å². The van der Waals surface area contributed by atoms with Gasteiger partial charge < -0.3 is 24.4 Å². The second-order valence-electron chi connectivity index (χ2n) is 6.88. The number of carbonyl (C=O) groups excluding carboxylic acids is 1. The van der Waals surface area contributed by atoms with Crippen LogP contribution < -0.4 is 11.0 Å². The third kappa shape index (κ3) is 5.26. The Morgan fingerprint density at radius 1 is 1.34 bits per heavy atom. The van der Waals surface area contributed by atoms with Crippen LogP contribution in [0.4, 0.5) is 16.3 Å². The number of ether oxygens (including phenoxy) is 3. The molecule has 13 heteroatoms. The van der Waals surface area contributed by atoms with Crippen molar-refractivity contribution in [2.24, 2.45) is 0 Å². The number of aromatic nitrogens is 2. The summed E-state index contributed by atoms with van der Waals surface area (Å²) in [6.07, 6.45) is -3.13. The summed E-state index contributed by atoms with van der Waals surface area (Å²) in [5.74, 6) is -0.0576. The van der Waals surface area contributed by atoms with Crippen LogP contribution in [0.5, 0.6) is 0 Å². The normalized spacial score (nSPS) is 22.5. The smallest absolute Gasteiger partial charge is 0.412 e. The lowest BCUT2D eigenvalue weighted by molar-refractivity contribution is -0.384. The zero-order chi connectivity index (χ0) is 23.3. The number of amides is 1. The van der Waals surface area contributed by atoms with E-state index in [1.807, 2.05) is 0 Å². The number of nitro benzene ring substituents is 1. The molecule has 172 valence electrons. The van der Waals surface area contributed by atoms with Gasteiger partial charge in [-0.25, -0.2) is 9.59 Å². The van der Waals surface area contributed by atoms with E-state index in [0.717, 1.165) is 10.1 Å². The number of carbonyl (C=O) groups is 1. The second-order valence-corrected chi connectivity index (χ2v) is 6.88. The lowest BCUT2D eigenvalue weighted by Gasteiger charge is -2.20. The molecule has 1 amide bonds. The van der Waals surface area contributed by atoms with E-state index < -0.39 is 47.9 Å². The van der Waals surface area contributed by atoms with E-state index in [9.17, 15) is 29.9 Å². The van der Waals surface area contributed by atoms with Crippen molar-refractivity contribution in [1.29, 1.82) is 0 Å². The van der Waals surface area contributed by atoms with Crippen molar-refractivity contribution in [2.45, 2.75) is 31.0 Å². The van der Waals surface area contributed by atoms with Gasteiger partial charge in [0.25, 0.3) is 5.69 Å². The number of hydrogen-bond acceptors (Lipinski definition) is 10. The number of benzene rings is 1. The molecule has 1 aliphatic heterocycles. The fourth-order valence-electron chi connectivity index (χ4n) is 3.21. The molecular formula is C19H22N4O9. The van der Waals surface area contributed by atoms with Crippen LogP contribution in [0.1, 0.15) is 11.8 Å². The van der Waals surface area contributed by atoms with Gasteiger partial charge in [-0.15, -0.1) is 0 Å². The minimum Gasteiger partial charge on any atom is -0.449 e. The van der Waals surface area contributed by atoms with Crippen molar-refractivity contribution < 1.29 is 34.1 Å². The lowest BCUT2D eigenvalue weighted by atomic mass is 10.1. The van der Waals surface area contributed by atoms with E-state index in [2.05, 4.69) is 10.3 Å². The van der Waals surface area contributed by atoms with Gasteiger partial charge in [-0.2, -0.15) is 4.98 Å². The molecule has 0 bridgehead atoms. The van der Waals surface area contributed by atoms with Crippen LogP contribution in [0.15, 0.2) is 41.3 Å². The second kappa shape index (κ2) is 10.3. The maximum atomic E-state index is 12.4. The molecule has 0 spiro atoms. The molecule has 1 aromatic carbocycles. The van der Waals surface area contributed by atoms with E-state index in [0.29, 0.717) is 6.42 Å². The maximum absolute atomic E-state index is 12.4. The van der Waals surface area contributed by atoms with E-state index in [4.69, 9.17) is 14.2 Å². The number of anilines is 1. The number of nitro groups is 1. The number of nitrogens with one attached hydrogen (secondary N) is 1. The number of aliphatic hydroxyl groups excluding tert-OH is 2. The van der Waals surface area contributed by atoms with E-state index in [-0.39, 0.29) is 18.1 Å². The first-order valence-corrected chi connectivity index (χ1v) is 9.57. The molecule has 3 rings (SSSR count). The van der Waals surface area contributed by atoms with Crippen molar-refractivity contribution in [2.75, 3.05) is 25.6 Å². The third-order valence-corrected chi connectivity index (χ3v) is 4.87. The van der Waals surface area contributed by atoms with Crippen molar-refractivity contribution >= 4 is 17.6 Å². The molecule has 2 heterocycles. The van der Waals surface area contributed by atoms with Gasteiger partial charge in [-0.1, -0.05) is 12.1 Å². The molecule has 13 nitrogen and oxygen atoms in total. The number of rotatable bonds is 8. The highest BCUT2D eigenvalue weighted by Gasteiger charge is 2.45. The number of hydrogen-bond donors (Lipinski definition) is 3. The van der Waals surface area contributed by atoms with E-state index in [1.54, 1.807) is 12.1 Å². The van der Waals surface area contributed by atoms with Gasteiger partial charge in [0.2, 0.25) is 0 Å². The summed E-state index contributed by atoms with van der Waals surface area (Å²) < 4.78 is 16.8. The Labute approximate surface area is 181 Å². The topological polar surface area (TPSA) is 175 Å². The Balaban J connectivity index is 1.55. The molecule has 0 unspecified atom stereocenters. The molecule has 3 N–H and O–H groups in total. The van der Waals surface area contributed by atoms with Gasteiger partial charge in [-0.3, -0.25) is 20.0 Å². The predicted octanol–water partition coefficient (Wildman–Crippen LogP) is 0.208. The van der Waals surface area contributed by atoms with Crippen LogP contribution in [0.2, 0.25) is 0 Å². The van der Waals surface area contributed by atoms with E-state index >= 15 is 0 Å². The monoisotopic (exact) mass is 450 g/mol. The molecule has 2 aromatic rings. The fraction of sp³-hybridized carbons (Fsp3) is 0.421. The summed E-state index contributed by atoms with van der Waals surface area (Å²) in [5.41, 5.74) is -0.0577. The van der Waals surface area contributed by atoms with Gasteiger partial charge in [0.05, 0.1) is 18.1 Å². The maximum Gasteiger partial charge on any atom is 0.412 e. The zero-order valence-corrected chi connectivity index (χ0v) is 17.0. The largest absolute Gasteiger partial charge is 0.449 e. The van der Waals surface area contributed by atoms with Crippen LogP contribution in [-0.4, -0.2) is 69.4 Å². The van der Waals surface area contributed by atoms with Crippen molar-refractivity contribution in [3.63, 3.8) is 0 Å². The third-order valence-electron chi connectivity index (χ3n) is 4.87. The Morgan fingerprint density at radius 3 is 2.66 bits per heavy atom. The van der Waals surface area contributed by atoms with Crippen LogP contribution >= 0.6 is 0 Å². The Hall–Kier alpha value is -3.39. The molecular weight excluding hydrogens is 428 g/mol. The summed E-state index contributed by atoms with van der Waals surface area (Å²) in [6, 6.07) is 7.19.